The summed E-state index contributed by atoms with van der Waals surface area (Å²) in [6, 6.07) is 5.07. The van der Waals surface area contributed by atoms with Crippen LogP contribution in [0.4, 0.5) is 5.69 Å². The van der Waals surface area contributed by atoms with Gasteiger partial charge in [-0.25, -0.2) is 4.98 Å². The molecule has 0 aliphatic rings. The quantitative estimate of drug-likeness (QED) is 0.686. The monoisotopic (exact) mass is 279 g/mol. The van der Waals surface area contributed by atoms with E-state index in [9.17, 15) is 10.1 Å². The number of aliphatic hydroxyl groups excluding tert-OH is 1. The molecule has 0 aliphatic heterocycles. The molecule has 1 heterocycles. The Labute approximate surface area is 114 Å². The third-order valence-electron chi connectivity index (χ3n) is 2.79. The number of hydrogen-bond donors (Lipinski definition) is 1. The van der Waals surface area contributed by atoms with Gasteiger partial charge in [0.1, 0.15) is 0 Å². The number of nitro benzene ring substituents is 1. The molecule has 0 fully saturated rings. The standard InChI is InChI=1S/C12H13N3O3S/c1-8-3-4-10(5-11(8)15(17)18)19-12-13-6-9(7-16)14(12)2/h3-6,16H,7H2,1-2H3. The first-order chi connectivity index (χ1) is 9.02. The van der Waals surface area contributed by atoms with Gasteiger partial charge in [0.05, 0.1) is 23.4 Å². The smallest absolute Gasteiger partial charge is 0.273 e. The van der Waals surface area contributed by atoms with Crippen LogP contribution in [0.25, 0.3) is 0 Å². The van der Waals surface area contributed by atoms with Crippen molar-refractivity contribution in [3.05, 3.63) is 45.8 Å². The topological polar surface area (TPSA) is 81.2 Å². The molecule has 1 N–H and O–H groups in total. The van der Waals surface area contributed by atoms with E-state index in [4.69, 9.17) is 5.11 Å². The Kier molecular flexibility index (Phi) is 3.87. The van der Waals surface area contributed by atoms with Crippen molar-refractivity contribution in [3.63, 3.8) is 0 Å². The van der Waals surface area contributed by atoms with Crippen LogP contribution in [0.5, 0.6) is 0 Å². The van der Waals surface area contributed by atoms with Crippen molar-refractivity contribution in [2.24, 2.45) is 7.05 Å². The number of aromatic nitrogens is 2. The van der Waals surface area contributed by atoms with Gasteiger partial charge in [-0.05, 0) is 13.0 Å². The van der Waals surface area contributed by atoms with E-state index >= 15 is 0 Å². The minimum Gasteiger partial charge on any atom is -0.390 e. The highest BCUT2D eigenvalue weighted by Crippen LogP contribution is 2.31. The first kappa shape index (κ1) is 13.6. The van der Waals surface area contributed by atoms with Gasteiger partial charge < -0.3 is 9.67 Å². The van der Waals surface area contributed by atoms with Gasteiger partial charge in [0.2, 0.25) is 0 Å². The molecule has 2 rings (SSSR count). The van der Waals surface area contributed by atoms with Crippen molar-refractivity contribution >= 4 is 17.4 Å². The number of imidazole rings is 1. The molecule has 0 amide bonds. The zero-order valence-corrected chi connectivity index (χ0v) is 11.3. The Balaban J connectivity index is 2.30. The fourth-order valence-electron chi connectivity index (χ4n) is 1.62. The maximum atomic E-state index is 10.9. The van der Waals surface area contributed by atoms with Crippen molar-refractivity contribution in [2.75, 3.05) is 0 Å². The SMILES string of the molecule is Cc1ccc(Sc2ncc(CO)n2C)cc1[N+](=O)[O-]. The third-order valence-corrected chi connectivity index (χ3v) is 3.84. The van der Waals surface area contributed by atoms with E-state index in [1.807, 2.05) is 6.07 Å². The van der Waals surface area contributed by atoms with Crippen LogP contribution < -0.4 is 0 Å². The van der Waals surface area contributed by atoms with Crippen molar-refractivity contribution < 1.29 is 10.0 Å². The maximum absolute atomic E-state index is 10.9. The lowest BCUT2D eigenvalue weighted by molar-refractivity contribution is -0.385. The molecule has 2 aromatic rings. The number of rotatable bonds is 4. The number of nitro groups is 1. The van der Waals surface area contributed by atoms with E-state index in [-0.39, 0.29) is 12.3 Å². The molecule has 100 valence electrons. The second-order valence-electron chi connectivity index (χ2n) is 4.06. The Morgan fingerprint density at radius 3 is 2.84 bits per heavy atom. The molecule has 1 aromatic carbocycles. The van der Waals surface area contributed by atoms with Gasteiger partial charge in [-0.1, -0.05) is 17.8 Å². The van der Waals surface area contributed by atoms with Crippen molar-refractivity contribution in [1.29, 1.82) is 0 Å². The molecule has 0 spiro atoms. The van der Waals surface area contributed by atoms with E-state index in [0.717, 1.165) is 4.90 Å². The summed E-state index contributed by atoms with van der Waals surface area (Å²) in [5, 5.41) is 20.7. The highest BCUT2D eigenvalue weighted by molar-refractivity contribution is 7.99. The summed E-state index contributed by atoms with van der Waals surface area (Å²) in [7, 11) is 1.80. The normalized spacial score (nSPS) is 10.7. The molecule has 0 unspecified atom stereocenters. The van der Waals surface area contributed by atoms with E-state index in [1.165, 1.54) is 17.8 Å². The zero-order chi connectivity index (χ0) is 14.0. The second kappa shape index (κ2) is 5.41. The number of aryl methyl sites for hydroxylation is 1. The molecule has 7 heteroatoms. The predicted octanol–water partition coefficient (Wildman–Crippen LogP) is 2.28. The van der Waals surface area contributed by atoms with Crippen LogP contribution in [0.1, 0.15) is 11.3 Å². The van der Waals surface area contributed by atoms with E-state index in [0.29, 0.717) is 16.4 Å². The molecule has 6 nitrogen and oxygen atoms in total. The number of benzene rings is 1. The number of nitrogens with zero attached hydrogens (tertiary/aromatic N) is 3. The summed E-state index contributed by atoms with van der Waals surface area (Å²) in [6.45, 7) is 1.62. The molecule has 0 saturated carbocycles. The fourth-order valence-corrected chi connectivity index (χ4v) is 2.50. The summed E-state index contributed by atoms with van der Waals surface area (Å²) >= 11 is 1.33. The van der Waals surface area contributed by atoms with Crippen LogP contribution in [0, 0.1) is 17.0 Å². The number of hydrogen-bond acceptors (Lipinski definition) is 5. The minimum atomic E-state index is -0.392. The van der Waals surface area contributed by atoms with Gasteiger partial charge in [0.25, 0.3) is 5.69 Å². The summed E-state index contributed by atoms with van der Waals surface area (Å²) in [5.41, 5.74) is 1.43. The van der Waals surface area contributed by atoms with Crippen molar-refractivity contribution in [3.8, 4) is 0 Å². The summed E-state index contributed by atoms with van der Waals surface area (Å²) < 4.78 is 1.76. The lowest BCUT2D eigenvalue weighted by Gasteiger charge is -2.04. The Bertz CT molecular complexity index is 625. The minimum absolute atomic E-state index is 0.0852. The van der Waals surface area contributed by atoms with Gasteiger partial charge in [-0.15, -0.1) is 0 Å². The molecular weight excluding hydrogens is 266 g/mol. The lowest BCUT2D eigenvalue weighted by atomic mass is 10.2. The van der Waals surface area contributed by atoms with Gasteiger partial charge in [-0.3, -0.25) is 10.1 Å². The molecule has 0 bridgehead atoms. The van der Waals surface area contributed by atoms with Gasteiger partial charge >= 0.3 is 0 Å². The predicted molar refractivity (Wildman–Crippen MR) is 71.1 cm³/mol. The largest absolute Gasteiger partial charge is 0.390 e. The molecule has 0 radical (unpaired) electrons. The molecule has 0 aliphatic carbocycles. The molecule has 1 aromatic heterocycles. The van der Waals surface area contributed by atoms with Gasteiger partial charge in [0.15, 0.2) is 5.16 Å². The van der Waals surface area contributed by atoms with Crippen LogP contribution in [-0.4, -0.2) is 19.6 Å². The Morgan fingerprint density at radius 2 is 2.26 bits per heavy atom. The lowest BCUT2D eigenvalue weighted by Crippen LogP contribution is -1.97. The van der Waals surface area contributed by atoms with Crippen molar-refractivity contribution in [2.45, 2.75) is 23.6 Å². The fraction of sp³-hybridized carbons (Fsp3) is 0.250. The third kappa shape index (κ3) is 2.77. The summed E-state index contributed by atoms with van der Waals surface area (Å²) in [5.74, 6) is 0. The highest BCUT2D eigenvalue weighted by atomic mass is 32.2. The average molecular weight is 279 g/mol. The van der Waals surface area contributed by atoms with Crippen LogP contribution in [0.3, 0.4) is 0 Å². The number of aliphatic hydroxyl groups is 1. The summed E-state index contributed by atoms with van der Waals surface area (Å²) in [6.07, 6.45) is 1.59. The van der Waals surface area contributed by atoms with Crippen LogP contribution in [-0.2, 0) is 13.7 Å². The molecule has 0 atom stereocenters. The van der Waals surface area contributed by atoms with Crippen LogP contribution >= 0.6 is 11.8 Å². The second-order valence-corrected chi connectivity index (χ2v) is 5.10. The summed E-state index contributed by atoms with van der Waals surface area (Å²) in [4.78, 5) is 15.4. The maximum Gasteiger partial charge on any atom is 0.273 e. The van der Waals surface area contributed by atoms with E-state index in [1.54, 1.807) is 30.8 Å². The Hall–Kier alpha value is -1.86. The molecular formula is C12H13N3O3S. The van der Waals surface area contributed by atoms with Crippen LogP contribution in [0.15, 0.2) is 34.4 Å². The Morgan fingerprint density at radius 1 is 1.53 bits per heavy atom. The zero-order valence-electron chi connectivity index (χ0n) is 10.5. The van der Waals surface area contributed by atoms with E-state index in [2.05, 4.69) is 4.98 Å². The van der Waals surface area contributed by atoms with Gasteiger partial charge in [0, 0.05) is 23.6 Å². The first-order valence-electron chi connectivity index (χ1n) is 5.57. The van der Waals surface area contributed by atoms with Crippen LogP contribution in [0.2, 0.25) is 0 Å². The van der Waals surface area contributed by atoms with Crippen molar-refractivity contribution in [1.82, 2.24) is 9.55 Å². The van der Waals surface area contributed by atoms with E-state index < -0.39 is 4.92 Å². The highest BCUT2D eigenvalue weighted by Gasteiger charge is 2.13. The first-order valence-corrected chi connectivity index (χ1v) is 6.39. The van der Waals surface area contributed by atoms with Gasteiger partial charge in [-0.2, -0.15) is 0 Å². The molecule has 19 heavy (non-hydrogen) atoms. The average Bonchev–Trinajstić information content (AvgIpc) is 2.72. The molecule has 0 saturated heterocycles.